The van der Waals surface area contributed by atoms with Gasteiger partial charge < -0.3 is 29.3 Å². The molecule has 2 amide bonds. The van der Waals surface area contributed by atoms with Gasteiger partial charge in [-0.15, -0.1) is 0 Å². The second-order valence-electron chi connectivity index (χ2n) is 7.26. The van der Waals surface area contributed by atoms with Crippen molar-refractivity contribution in [1.82, 2.24) is 4.90 Å². The minimum absolute atomic E-state index is 0.0727. The molecule has 0 spiro atoms. The number of benzene rings is 2. The van der Waals surface area contributed by atoms with Crippen LogP contribution in [0.4, 0.5) is 11.4 Å². The molecule has 8 heteroatoms. The molecule has 0 radical (unpaired) electrons. The average molecular weight is 397 g/mol. The molecule has 152 valence electrons. The molecule has 2 aliphatic heterocycles. The van der Waals surface area contributed by atoms with Gasteiger partial charge in [-0.1, -0.05) is 0 Å². The van der Waals surface area contributed by atoms with Crippen LogP contribution in [-0.2, 0) is 4.79 Å². The second-order valence-corrected chi connectivity index (χ2v) is 7.26. The minimum atomic E-state index is -0.579. The van der Waals surface area contributed by atoms with Gasteiger partial charge in [0.25, 0.3) is 11.8 Å². The van der Waals surface area contributed by atoms with Crippen molar-refractivity contribution in [3.8, 4) is 17.2 Å². The fourth-order valence-electron chi connectivity index (χ4n) is 3.26. The number of nitrogens with one attached hydrogen (secondary N) is 1. The molecule has 0 aliphatic carbocycles. The minimum Gasteiger partial charge on any atom is -0.479 e. The highest BCUT2D eigenvalue weighted by Crippen LogP contribution is 2.37. The van der Waals surface area contributed by atoms with Gasteiger partial charge in [0.05, 0.1) is 5.69 Å². The van der Waals surface area contributed by atoms with E-state index in [1.807, 2.05) is 19.0 Å². The van der Waals surface area contributed by atoms with E-state index in [-0.39, 0.29) is 18.6 Å². The Kier molecular flexibility index (Phi) is 5.02. The van der Waals surface area contributed by atoms with Crippen molar-refractivity contribution < 1.29 is 23.8 Å². The first kappa shape index (κ1) is 19.1. The number of rotatable bonds is 5. The Labute approximate surface area is 168 Å². The van der Waals surface area contributed by atoms with E-state index in [2.05, 4.69) is 5.32 Å². The van der Waals surface area contributed by atoms with Crippen LogP contribution in [0.25, 0.3) is 0 Å². The van der Waals surface area contributed by atoms with Crippen LogP contribution < -0.4 is 24.4 Å². The third-order valence-electron chi connectivity index (χ3n) is 4.83. The topological polar surface area (TPSA) is 80.3 Å². The number of likely N-dealkylation sites (N-methyl/N-ethyl adjacent to an activating group) is 1. The normalized spacial score (nSPS) is 17.2. The number of hydrogen-bond donors (Lipinski definition) is 1. The van der Waals surface area contributed by atoms with Gasteiger partial charge in [0, 0.05) is 30.4 Å². The summed E-state index contributed by atoms with van der Waals surface area (Å²) in [6.07, 6.45) is -0.579. The Morgan fingerprint density at radius 1 is 1.14 bits per heavy atom. The average Bonchev–Trinajstić information content (AvgIpc) is 3.16. The zero-order chi connectivity index (χ0) is 20.5. The fraction of sp³-hybridized carbons (Fsp3) is 0.333. The first-order valence-corrected chi connectivity index (χ1v) is 9.40. The molecule has 1 N–H and O–H groups in total. The molecule has 0 aromatic heterocycles. The molecule has 2 aliphatic rings. The van der Waals surface area contributed by atoms with Crippen LogP contribution in [0.1, 0.15) is 17.3 Å². The number of ether oxygens (including phenoxy) is 3. The lowest BCUT2D eigenvalue weighted by Crippen LogP contribution is -2.46. The highest BCUT2D eigenvalue weighted by atomic mass is 16.7. The summed E-state index contributed by atoms with van der Waals surface area (Å²) >= 11 is 0. The Balaban J connectivity index is 1.53. The van der Waals surface area contributed by atoms with Crippen molar-refractivity contribution in [2.24, 2.45) is 0 Å². The van der Waals surface area contributed by atoms with E-state index in [0.717, 1.165) is 6.54 Å². The van der Waals surface area contributed by atoms with E-state index in [1.54, 1.807) is 48.2 Å². The van der Waals surface area contributed by atoms with Crippen molar-refractivity contribution in [2.75, 3.05) is 44.2 Å². The summed E-state index contributed by atoms with van der Waals surface area (Å²) in [5.41, 5.74) is 1.75. The maximum absolute atomic E-state index is 12.6. The predicted octanol–water partition coefficient (Wildman–Crippen LogP) is 2.34. The predicted molar refractivity (Wildman–Crippen MR) is 108 cm³/mol. The molecule has 0 fully saturated rings. The summed E-state index contributed by atoms with van der Waals surface area (Å²) in [5.74, 6) is 1.40. The fourth-order valence-corrected chi connectivity index (χ4v) is 3.26. The van der Waals surface area contributed by atoms with Gasteiger partial charge in [0.1, 0.15) is 5.75 Å². The largest absolute Gasteiger partial charge is 0.479 e. The maximum Gasteiger partial charge on any atom is 0.267 e. The number of amides is 2. The van der Waals surface area contributed by atoms with E-state index < -0.39 is 6.10 Å². The summed E-state index contributed by atoms with van der Waals surface area (Å²) in [6, 6.07) is 10.3. The van der Waals surface area contributed by atoms with E-state index >= 15 is 0 Å². The van der Waals surface area contributed by atoms with Gasteiger partial charge in [-0.25, -0.2) is 0 Å². The lowest BCUT2D eigenvalue weighted by molar-refractivity contribution is -0.125. The molecular formula is C21H23N3O5. The van der Waals surface area contributed by atoms with Gasteiger partial charge in [0.15, 0.2) is 17.6 Å². The van der Waals surface area contributed by atoms with Gasteiger partial charge in [0.2, 0.25) is 6.79 Å². The third kappa shape index (κ3) is 3.84. The Hall–Kier alpha value is -3.26. The van der Waals surface area contributed by atoms with E-state index in [1.165, 1.54) is 0 Å². The number of carbonyl (C=O) groups is 2. The first-order chi connectivity index (χ1) is 13.9. The van der Waals surface area contributed by atoms with Crippen LogP contribution >= 0.6 is 0 Å². The molecule has 2 heterocycles. The van der Waals surface area contributed by atoms with E-state index in [0.29, 0.717) is 40.7 Å². The lowest BCUT2D eigenvalue weighted by atomic mass is 10.1. The molecule has 8 nitrogen and oxygen atoms in total. The highest BCUT2D eigenvalue weighted by molar-refractivity contribution is 6.05. The summed E-state index contributed by atoms with van der Waals surface area (Å²) in [7, 11) is 3.92. The lowest BCUT2D eigenvalue weighted by Gasteiger charge is -2.34. The smallest absolute Gasteiger partial charge is 0.267 e. The SMILES string of the molecule is CC1Oc2cc(NC(=O)c3ccc4c(c3)OCO4)ccc2N(CCN(C)C)C1=O. The molecule has 2 aromatic carbocycles. The third-order valence-corrected chi connectivity index (χ3v) is 4.83. The van der Waals surface area contributed by atoms with Crippen molar-refractivity contribution in [1.29, 1.82) is 0 Å². The number of anilines is 2. The standard InChI is InChI=1S/C21H23N3O5/c1-13-21(26)24(9-8-23(2)3)16-6-5-15(11-18(16)29-13)22-20(25)14-4-7-17-19(10-14)28-12-27-17/h4-7,10-11,13H,8-9,12H2,1-3H3,(H,22,25). The monoisotopic (exact) mass is 397 g/mol. The van der Waals surface area contributed by atoms with Crippen molar-refractivity contribution in [3.63, 3.8) is 0 Å². The zero-order valence-electron chi connectivity index (χ0n) is 16.6. The summed E-state index contributed by atoms with van der Waals surface area (Å²) in [5, 5.41) is 2.86. The highest BCUT2D eigenvalue weighted by Gasteiger charge is 2.31. The van der Waals surface area contributed by atoms with Gasteiger partial charge in [-0.05, 0) is 51.4 Å². The van der Waals surface area contributed by atoms with Crippen molar-refractivity contribution in [2.45, 2.75) is 13.0 Å². The van der Waals surface area contributed by atoms with Crippen LogP contribution in [-0.4, -0.2) is 56.8 Å². The number of hydrogen-bond acceptors (Lipinski definition) is 6. The molecule has 0 saturated heterocycles. The zero-order valence-corrected chi connectivity index (χ0v) is 16.6. The molecule has 0 saturated carbocycles. The van der Waals surface area contributed by atoms with Crippen LogP contribution in [0.5, 0.6) is 17.2 Å². The molecule has 2 aromatic rings. The van der Waals surface area contributed by atoms with Crippen LogP contribution in [0, 0.1) is 0 Å². The van der Waals surface area contributed by atoms with E-state index in [9.17, 15) is 9.59 Å². The summed E-state index contributed by atoms with van der Waals surface area (Å²) < 4.78 is 16.4. The molecule has 0 bridgehead atoms. The summed E-state index contributed by atoms with van der Waals surface area (Å²) in [6.45, 7) is 3.19. The Bertz CT molecular complexity index is 959. The molecule has 1 atom stereocenters. The van der Waals surface area contributed by atoms with Crippen molar-refractivity contribution >= 4 is 23.2 Å². The quantitative estimate of drug-likeness (QED) is 0.834. The Morgan fingerprint density at radius 3 is 2.72 bits per heavy atom. The van der Waals surface area contributed by atoms with Crippen LogP contribution in [0.15, 0.2) is 36.4 Å². The first-order valence-electron chi connectivity index (χ1n) is 9.40. The number of fused-ring (bicyclic) bond motifs is 2. The molecule has 1 unspecified atom stereocenters. The van der Waals surface area contributed by atoms with Gasteiger partial charge >= 0.3 is 0 Å². The van der Waals surface area contributed by atoms with Gasteiger partial charge in [-0.3, -0.25) is 9.59 Å². The second kappa shape index (κ2) is 7.63. The van der Waals surface area contributed by atoms with Gasteiger partial charge in [-0.2, -0.15) is 0 Å². The molecular weight excluding hydrogens is 374 g/mol. The maximum atomic E-state index is 12.6. The molecule has 29 heavy (non-hydrogen) atoms. The summed E-state index contributed by atoms with van der Waals surface area (Å²) in [4.78, 5) is 28.9. The van der Waals surface area contributed by atoms with Crippen LogP contribution in [0.3, 0.4) is 0 Å². The van der Waals surface area contributed by atoms with Crippen molar-refractivity contribution in [3.05, 3.63) is 42.0 Å². The Morgan fingerprint density at radius 2 is 1.93 bits per heavy atom. The van der Waals surface area contributed by atoms with E-state index in [4.69, 9.17) is 14.2 Å². The molecule has 4 rings (SSSR count). The number of nitrogens with zero attached hydrogens (tertiary/aromatic N) is 2. The number of carbonyl (C=O) groups excluding carboxylic acids is 2. The van der Waals surface area contributed by atoms with Crippen LogP contribution in [0.2, 0.25) is 0 Å².